The number of aryl methyl sites for hydroxylation is 2. The molecule has 0 fully saturated rings. The lowest BCUT2D eigenvalue weighted by molar-refractivity contribution is 0.489. The van der Waals surface area contributed by atoms with Crippen molar-refractivity contribution in [2.75, 3.05) is 0 Å². The van der Waals surface area contributed by atoms with Gasteiger partial charge in [-0.1, -0.05) is 0 Å². The Balaban J connectivity index is 0.000000810. The van der Waals surface area contributed by atoms with Crippen LogP contribution >= 0.6 is 24.0 Å². The van der Waals surface area contributed by atoms with Crippen LogP contribution in [0.5, 0.6) is 0 Å². The molecule has 1 heterocycles. The molecule has 0 unspecified atom stereocenters. The zero-order valence-electron chi connectivity index (χ0n) is 5.85. The Bertz CT molecular complexity index is 210. The van der Waals surface area contributed by atoms with Gasteiger partial charge in [0.15, 0.2) is 5.89 Å². The summed E-state index contributed by atoms with van der Waals surface area (Å²) in [4.78, 5) is 4.03. The average molecular weight is 182 g/mol. The third-order valence-electron chi connectivity index (χ3n) is 1.12. The first-order valence-electron chi connectivity index (χ1n) is 2.73. The smallest absolute Gasteiger partial charge is 0.191 e. The Morgan fingerprint density at radius 1 is 1.50 bits per heavy atom. The Labute approximate surface area is 71.0 Å². The van der Waals surface area contributed by atoms with E-state index in [-0.39, 0.29) is 12.4 Å². The van der Waals surface area contributed by atoms with Gasteiger partial charge in [-0.25, -0.2) is 4.98 Å². The quantitative estimate of drug-likeness (QED) is 0.623. The number of aromatic nitrogens is 1. The van der Waals surface area contributed by atoms with Crippen molar-refractivity contribution >= 4 is 24.0 Å². The monoisotopic (exact) mass is 181 g/mol. The van der Waals surface area contributed by atoms with Gasteiger partial charge >= 0.3 is 0 Å². The van der Waals surface area contributed by atoms with Crippen LogP contribution in [0.1, 0.15) is 17.3 Å². The van der Waals surface area contributed by atoms with Crippen molar-refractivity contribution in [2.45, 2.75) is 19.7 Å². The molecule has 1 aromatic heterocycles. The number of oxazole rings is 1. The zero-order chi connectivity index (χ0) is 6.85. The molecule has 1 rings (SSSR count). The minimum absolute atomic E-state index is 0. The lowest BCUT2D eigenvalue weighted by atomic mass is 10.4. The zero-order valence-corrected chi connectivity index (χ0v) is 7.42. The van der Waals surface area contributed by atoms with Crippen molar-refractivity contribution in [2.24, 2.45) is 0 Å². The number of alkyl halides is 1. The van der Waals surface area contributed by atoms with E-state index in [1.165, 1.54) is 0 Å². The molecule has 10 heavy (non-hydrogen) atoms. The second-order valence-electron chi connectivity index (χ2n) is 1.88. The van der Waals surface area contributed by atoms with E-state index in [1.807, 2.05) is 13.8 Å². The van der Waals surface area contributed by atoms with Gasteiger partial charge in [0.05, 0.1) is 11.6 Å². The highest BCUT2D eigenvalue weighted by Crippen LogP contribution is 2.10. The van der Waals surface area contributed by atoms with Crippen LogP contribution in [-0.4, -0.2) is 4.98 Å². The van der Waals surface area contributed by atoms with Crippen LogP contribution in [0.3, 0.4) is 0 Å². The first kappa shape index (κ1) is 9.79. The van der Waals surface area contributed by atoms with E-state index in [1.54, 1.807) is 0 Å². The average Bonchev–Trinajstić information content (AvgIpc) is 2.10. The molecule has 0 spiro atoms. The lowest BCUT2D eigenvalue weighted by Crippen LogP contribution is -1.76. The van der Waals surface area contributed by atoms with Gasteiger partial charge in [-0.15, -0.1) is 24.0 Å². The van der Waals surface area contributed by atoms with Gasteiger partial charge in [0.2, 0.25) is 0 Å². The molecule has 0 saturated heterocycles. The van der Waals surface area contributed by atoms with Gasteiger partial charge in [0.25, 0.3) is 0 Å². The molecular weight excluding hydrogens is 173 g/mol. The number of nitrogens with zero attached hydrogens (tertiary/aromatic N) is 1. The molecule has 0 amide bonds. The van der Waals surface area contributed by atoms with Crippen molar-refractivity contribution in [1.29, 1.82) is 0 Å². The minimum Gasteiger partial charge on any atom is -0.444 e. The Hall–Kier alpha value is -0.210. The molecule has 0 aromatic carbocycles. The van der Waals surface area contributed by atoms with E-state index in [9.17, 15) is 0 Å². The fraction of sp³-hybridized carbons (Fsp3) is 0.500. The van der Waals surface area contributed by atoms with E-state index >= 15 is 0 Å². The van der Waals surface area contributed by atoms with Crippen LogP contribution in [0.25, 0.3) is 0 Å². The summed E-state index contributed by atoms with van der Waals surface area (Å²) in [5.74, 6) is 1.87. The van der Waals surface area contributed by atoms with E-state index < -0.39 is 0 Å². The fourth-order valence-electron chi connectivity index (χ4n) is 0.697. The van der Waals surface area contributed by atoms with Crippen LogP contribution in [0, 0.1) is 13.8 Å². The van der Waals surface area contributed by atoms with Crippen molar-refractivity contribution in [3.63, 3.8) is 0 Å². The van der Waals surface area contributed by atoms with Crippen LogP contribution < -0.4 is 0 Å². The van der Waals surface area contributed by atoms with Gasteiger partial charge in [-0.05, 0) is 6.92 Å². The third kappa shape index (κ3) is 1.89. The van der Waals surface area contributed by atoms with Crippen molar-refractivity contribution in [3.05, 3.63) is 17.3 Å². The largest absolute Gasteiger partial charge is 0.444 e. The molecule has 0 atom stereocenters. The number of hydrogen-bond acceptors (Lipinski definition) is 2. The SMILES string of the molecule is Cc1nc(C)c(CCl)o1.Cl. The maximum absolute atomic E-state index is 5.51. The molecule has 58 valence electrons. The Morgan fingerprint density at radius 3 is 2.30 bits per heavy atom. The summed E-state index contributed by atoms with van der Waals surface area (Å²) < 4.78 is 5.12. The molecule has 0 N–H and O–H groups in total. The van der Waals surface area contributed by atoms with Gasteiger partial charge < -0.3 is 4.42 Å². The van der Waals surface area contributed by atoms with Crippen molar-refractivity contribution in [3.8, 4) is 0 Å². The highest BCUT2D eigenvalue weighted by molar-refractivity contribution is 6.16. The molecule has 0 aliphatic rings. The minimum atomic E-state index is 0. The number of hydrogen-bond donors (Lipinski definition) is 0. The summed E-state index contributed by atoms with van der Waals surface area (Å²) >= 11 is 5.51. The van der Waals surface area contributed by atoms with E-state index in [2.05, 4.69) is 4.98 Å². The first-order valence-corrected chi connectivity index (χ1v) is 3.26. The molecule has 4 heteroatoms. The molecule has 2 nitrogen and oxygen atoms in total. The standard InChI is InChI=1S/C6H8ClNO.ClH/c1-4-6(3-7)9-5(2)8-4;/h3H2,1-2H3;1H. The van der Waals surface area contributed by atoms with Crippen LogP contribution in [0.15, 0.2) is 4.42 Å². The molecule has 0 aliphatic heterocycles. The fourth-order valence-corrected chi connectivity index (χ4v) is 0.945. The summed E-state index contributed by atoms with van der Waals surface area (Å²) in [7, 11) is 0. The normalized spacial score (nSPS) is 9.10. The summed E-state index contributed by atoms with van der Waals surface area (Å²) in [6, 6.07) is 0. The second kappa shape index (κ2) is 3.84. The van der Waals surface area contributed by atoms with E-state index in [0.717, 1.165) is 11.5 Å². The molecule has 1 aromatic rings. The Kier molecular flexibility index (Phi) is 3.76. The topological polar surface area (TPSA) is 26.0 Å². The Morgan fingerprint density at radius 2 is 2.10 bits per heavy atom. The summed E-state index contributed by atoms with van der Waals surface area (Å²) in [6.45, 7) is 3.69. The van der Waals surface area contributed by atoms with E-state index in [0.29, 0.717) is 11.8 Å². The lowest BCUT2D eigenvalue weighted by Gasteiger charge is -1.83. The van der Waals surface area contributed by atoms with Gasteiger partial charge in [-0.3, -0.25) is 0 Å². The van der Waals surface area contributed by atoms with Crippen molar-refractivity contribution < 1.29 is 4.42 Å². The maximum Gasteiger partial charge on any atom is 0.191 e. The molecule has 0 aliphatic carbocycles. The van der Waals surface area contributed by atoms with Gasteiger partial charge in [0, 0.05) is 6.92 Å². The predicted octanol–water partition coefficient (Wildman–Crippen LogP) is 2.45. The summed E-state index contributed by atoms with van der Waals surface area (Å²) in [5.41, 5.74) is 0.891. The predicted molar refractivity (Wildman–Crippen MR) is 42.8 cm³/mol. The highest BCUT2D eigenvalue weighted by atomic mass is 35.5. The molecular formula is C6H9Cl2NO. The maximum atomic E-state index is 5.51. The van der Waals surface area contributed by atoms with Crippen LogP contribution in [0.2, 0.25) is 0 Å². The number of rotatable bonds is 1. The highest BCUT2D eigenvalue weighted by Gasteiger charge is 2.02. The number of halogens is 2. The first-order chi connectivity index (χ1) is 4.24. The van der Waals surface area contributed by atoms with Crippen molar-refractivity contribution in [1.82, 2.24) is 4.98 Å². The molecule has 0 bridgehead atoms. The summed E-state index contributed by atoms with van der Waals surface area (Å²) in [6.07, 6.45) is 0. The second-order valence-corrected chi connectivity index (χ2v) is 2.14. The van der Waals surface area contributed by atoms with Crippen LogP contribution in [0.4, 0.5) is 0 Å². The molecule has 0 saturated carbocycles. The third-order valence-corrected chi connectivity index (χ3v) is 1.36. The summed E-state index contributed by atoms with van der Waals surface area (Å²) in [5, 5.41) is 0. The van der Waals surface area contributed by atoms with E-state index in [4.69, 9.17) is 16.0 Å². The molecule has 0 radical (unpaired) electrons. The van der Waals surface area contributed by atoms with Crippen LogP contribution in [-0.2, 0) is 5.88 Å². The van der Waals surface area contributed by atoms with Gasteiger partial charge in [-0.2, -0.15) is 0 Å². The van der Waals surface area contributed by atoms with Gasteiger partial charge in [0.1, 0.15) is 5.76 Å².